The molecule has 1 aromatic rings. The average Bonchev–Trinajstić information content (AvgIpc) is 2.29. The molecule has 0 fully saturated rings. The fraction of sp³-hybridized carbons (Fsp3) is 0.417. The first-order valence-corrected chi connectivity index (χ1v) is 5.86. The summed E-state index contributed by atoms with van der Waals surface area (Å²) in [7, 11) is 1.22. The summed E-state index contributed by atoms with van der Waals surface area (Å²) in [5, 5.41) is 9.76. The molecule has 1 unspecified atom stereocenters. The van der Waals surface area contributed by atoms with Gasteiger partial charge in [0, 0.05) is 4.47 Å². The molecule has 0 bridgehead atoms. The number of hydrogen-bond donors (Lipinski definition) is 1. The monoisotopic (exact) mass is 302 g/mol. The van der Waals surface area contributed by atoms with Gasteiger partial charge in [-0.1, -0.05) is 15.9 Å². The lowest BCUT2D eigenvalue weighted by atomic mass is 10.1. The Labute approximate surface area is 109 Å². The van der Waals surface area contributed by atoms with Crippen LogP contribution in [0.25, 0.3) is 0 Å². The smallest absolute Gasteiger partial charge is 0.341 e. The first kappa shape index (κ1) is 14.0. The molecule has 0 aliphatic heterocycles. The number of carbonyl (C=O) groups excluding carboxylic acids is 1. The van der Waals surface area contributed by atoms with Crippen molar-refractivity contribution in [2.24, 2.45) is 0 Å². The molecular weight excluding hydrogens is 288 g/mol. The van der Waals surface area contributed by atoms with Gasteiger partial charge in [0.25, 0.3) is 0 Å². The highest BCUT2D eigenvalue weighted by atomic mass is 79.9. The minimum absolute atomic E-state index is 0.152. The first-order valence-electron chi connectivity index (χ1n) is 5.06. The molecule has 1 aromatic carbocycles. The molecule has 94 valence electrons. The van der Waals surface area contributed by atoms with Crippen LogP contribution in [0.4, 0.5) is 0 Å². The molecule has 1 rings (SSSR count). The summed E-state index contributed by atoms with van der Waals surface area (Å²) < 4.78 is 10.8. The van der Waals surface area contributed by atoms with Crippen molar-refractivity contribution in [1.82, 2.24) is 0 Å². The van der Waals surface area contributed by atoms with Gasteiger partial charge >= 0.3 is 5.97 Å². The Morgan fingerprint density at radius 2 is 2.18 bits per heavy atom. The second-order valence-electron chi connectivity index (χ2n) is 3.97. The van der Waals surface area contributed by atoms with Crippen molar-refractivity contribution >= 4 is 21.9 Å². The van der Waals surface area contributed by atoms with Gasteiger partial charge in [-0.05, 0) is 37.6 Å². The summed E-state index contributed by atoms with van der Waals surface area (Å²) in [6, 6.07) is 5.42. The van der Waals surface area contributed by atoms with Crippen LogP contribution in [-0.4, -0.2) is 30.4 Å². The third-order valence-corrected chi connectivity index (χ3v) is 3.16. The summed E-state index contributed by atoms with van der Waals surface area (Å²) in [6.45, 7) is 3.13. The molecule has 0 saturated heterocycles. The van der Waals surface area contributed by atoms with Crippen LogP contribution < -0.4 is 4.74 Å². The number of halogens is 1. The summed E-state index contributed by atoms with van der Waals surface area (Å²) >= 11 is 3.38. The molecule has 0 aliphatic rings. The van der Waals surface area contributed by atoms with E-state index in [-0.39, 0.29) is 6.61 Å². The number of methoxy groups -OCH3 is 1. The fourth-order valence-corrected chi connectivity index (χ4v) is 1.46. The van der Waals surface area contributed by atoms with Gasteiger partial charge in [0.05, 0.1) is 7.11 Å². The molecule has 4 nitrogen and oxygen atoms in total. The second-order valence-corrected chi connectivity index (χ2v) is 4.82. The van der Waals surface area contributed by atoms with E-state index in [0.29, 0.717) is 5.75 Å². The van der Waals surface area contributed by atoms with Crippen LogP contribution in [0.5, 0.6) is 5.75 Å². The maximum absolute atomic E-state index is 11.2. The summed E-state index contributed by atoms with van der Waals surface area (Å²) in [6.07, 6.45) is 0. The SMILES string of the molecule is COC(=O)C(C)(O)COc1ccc(Br)c(C)c1. The Morgan fingerprint density at radius 3 is 2.71 bits per heavy atom. The third kappa shape index (κ3) is 3.71. The standard InChI is InChI=1S/C12H15BrO4/c1-8-6-9(4-5-10(8)13)17-7-12(2,15)11(14)16-3/h4-6,15H,7H2,1-3H3. The molecule has 0 aromatic heterocycles. The molecule has 0 aliphatic carbocycles. The average molecular weight is 303 g/mol. The Balaban J connectivity index is 2.67. The van der Waals surface area contributed by atoms with E-state index < -0.39 is 11.6 Å². The molecular formula is C12H15BrO4. The number of aryl methyl sites for hydroxylation is 1. The van der Waals surface area contributed by atoms with Gasteiger partial charge in [-0.3, -0.25) is 0 Å². The summed E-state index contributed by atoms with van der Waals surface area (Å²) in [5.74, 6) is -0.124. The van der Waals surface area contributed by atoms with E-state index in [9.17, 15) is 9.90 Å². The van der Waals surface area contributed by atoms with Gasteiger partial charge in [-0.15, -0.1) is 0 Å². The van der Waals surface area contributed by atoms with E-state index >= 15 is 0 Å². The summed E-state index contributed by atoms with van der Waals surface area (Å²) in [4.78, 5) is 11.2. The molecule has 1 atom stereocenters. The van der Waals surface area contributed by atoms with Crippen LogP contribution in [0.15, 0.2) is 22.7 Å². The molecule has 0 heterocycles. The van der Waals surface area contributed by atoms with Gasteiger partial charge in [0.1, 0.15) is 12.4 Å². The highest BCUT2D eigenvalue weighted by Crippen LogP contribution is 2.22. The number of benzene rings is 1. The van der Waals surface area contributed by atoms with Gasteiger partial charge in [0.15, 0.2) is 5.60 Å². The predicted molar refractivity (Wildman–Crippen MR) is 67.0 cm³/mol. The van der Waals surface area contributed by atoms with Crippen molar-refractivity contribution < 1.29 is 19.4 Å². The van der Waals surface area contributed by atoms with E-state index in [1.807, 2.05) is 19.1 Å². The highest BCUT2D eigenvalue weighted by molar-refractivity contribution is 9.10. The highest BCUT2D eigenvalue weighted by Gasteiger charge is 2.32. The number of esters is 1. The summed E-state index contributed by atoms with van der Waals surface area (Å²) in [5.41, 5.74) is -0.629. The largest absolute Gasteiger partial charge is 0.490 e. The van der Waals surface area contributed by atoms with Crippen LogP contribution in [0.3, 0.4) is 0 Å². The van der Waals surface area contributed by atoms with Gasteiger partial charge in [-0.25, -0.2) is 4.79 Å². The van der Waals surface area contributed by atoms with E-state index in [1.54, 1.807) is 6.07 Å². The number of ether oxygens (including phenoxy) is 2. The minimum atomic E-state index is -1.64. The zero-order chi connectivity index (χ0) is 13.1. The fourth-order valence-electron chi connectivity index (χ4n) is 1.21. The topological polar surface area (TPSA) is 55.8 Å². The van der Waals surface area contributed by atoms with Crippen LogP contribution in [0.2, 0.25) is 0 Å². The van der Waals surface area contributed by atoms with E-state index in [2.05, 4.69) is 20.7 Å². The lowest BCUT2D eigenvalue weighted by molar-refractivity contribution is -0.163. The van der Waals surface area contributed by atoms with Crippen molar-refractivity contribution in [3.05, 3.63) is 28.2 Å². The minimum Gasteiger partial charge on any atom is -0.490 e. The van der Waals surface area contributed by atoms with Gasteiger partial charge in [-0.2, -0.15) is 0 Å². The van der Waals surface area contributed by atoms with Crippen molar-refractivity contribution in [1.29, 1.82) is 0 Å². The zero-order valence-corrected chi connectivity index (χ0v) is 11.6. The Hall–Kier alpha value is -1.07. The first-order chi connectivity index (χ1) is 7.86. The number of rotatable bonds is 4. The molecule has 0 saturated carbocycles. The van der Waals surface area contributed by atoms with Crippen LogP contribution >= 0.6 is 15.9 Å². The lowest BCUT2D eigenvalue weighted by Crippen LogP contribution is -2.42. The Kier molecular flexibility index (Phi) is 4.54. The van der Waals surface area contributed by atoms with Crippen molar-refractivity contribution in [3.8, 4) is 5.75 Å². The van der Waals surface area contributed by atoms with Crippen molar-refractivity contribution in [2.45, 2.75) is 19.4 Å². The Bertz CT molecular complexity index is 415. The Morgan fingerprint density at radius 1 is 1.53 bits per heavy atom. The van der Waals surface area contributed by atoms with Gasteiger partial charge in [0.2, 0.25) is 0 Å². The molecule has 1 N–H and O–H groups in total. The van der Waals surface area contributed by atoms with Crippen molar-refractivity contribution in [3.63, 3.8) is 0 Å². The van der Waals surface area contributed by atoms with Crippen LogP contribution in [0.1, 0.15) is 12.5 Å². The number of carbonyl (C=O) groups is 1. The molecule has 0 radical (unpaired) electrons. The maximum atomic E-state index is 11.2. The molecule has 5 heteroatoms. The number of aliphatic hydroxyl groups is 1. The molecule has 0 spiro atoms. The van der Waals surface area contributed by atoms with Gasteiger partial charge < -0.3 is 14.6 Å². The van der Waals surface area contributed by atoms with Crippen molar-refractivity contribution in [2.75, 3.05) is 13.7 Å². The normalized spacial score (nSPS) is 13.9. The van der Waals surface area contributed by atoms with E-state index in [1.165, 1.54) is 14.0 Å². The maximum Gasteiger partial charge on any atom is 0.341 e. The van der Waals surface area contributed by atoms with Crippen LogP contribution in [-0.2, 0) is 9.53 Å². The van der Waals surface area contributed by atoms with Crippen LogP contribution in [0, 0.1) is 6.92 Å². The second kappa shape index (κ2) is 5.51. The van der Waals surface area contributed by atoms with E-state index in [4.69, 9.17) is 4.74 Å². The molecule has 0 amide bonds. The lowest BCUT2D eigenvalue weighted by Gasteiger charge is -2.20. The quantitative estimate of drug-likeness (QED) is 0.865. The molecule has 17 heavy (non-hydrogen) atoms. The van der Waals surface area contributed by atoms with E-state index in [0.717, 1.165) is 10.0 Å². The number of hydrogen-bond acceptors (Lipinski definition) is 4. The zero-order valence-electron chi connectivity index (χ0n) is 9.99. The third-order valence-electron chi connectivity index (χ3n) is 2.27. The predicted octanol–water partition coefficient (Wildman–Crippen LogP) is 2.06.